The molecule has 8 heteroatoms. The third-order valence-electron chi connectivity index (χ3n) is 7.10. The maximum Gasteiger partial charge on any atom is 0.287 e. The smallest absolute Gasteiger partial charge is 0.287 e. The summed E-state index contributed by atoms with van der Waals surface area (Å²) in [6, 6.07) is 11.3. The molecule has 3 aromatic rings. The molecule has 1 aliphatic heterocycles. The van der Waals surface area contributed by atoms with Crippen molar-refractivity contribution in [2.24, 2.45) is 0 Å². The van der Waals surface area contributed by atoms with Gasteiger partial charge in [0.15, 0.2) is 5.76 Å². The van der Waals surface area contributed by atoms with Crippen LogP contribution in [0.5, 0.6) is 0 Å². The van der Waals surface area contributed by atoms with E-state index in [2.05, 4.69) is 22.4 Å². The summed E-state index contributed by atoms with van der Waals surface area (Å²) in [5.41, 5.74) is 2.81. The van der Waals surface area contributed by atoms with E-state index in [1.165, 1.54) is 23.2 Å². The first-order valence-electron chi connectivity index (χ1n) is 11.7. The Morgan fingerprint density at radius 2 is 1.97 bits per heavy atom. The number of hydrogen-bond acceptors (Lipinski definition) is 6. The van der Waals surface area contributed by atoms with Gasteiger partial charge in [-0.15, -0.1) is 11.3 Å². The van der Waals surface area contributed by atoms with Crippen LogP contribution in [0.3, 0.4) is 0 Å². The Labute approximate surface area is 203 Å². The second kappa shape index (κ2) is 9.00. The molecule has 5 rings (SSSR count). The van der Waals surface area contributed by atoms with Crippen LogP contribution in [-0.4, -0.2) is 47.5 Å². The molecule has 34 heavy (non-hydrogen) atoms. The Hall–Kier alpha value is -2.97. The first-order valence-corrected chi connectivity index (χ1v) is 12.5. The fourth-order valence-corrected chi connectivity index (χ4v) is 6.49. The van der Waals surface area contributed by atoms with Gasteiger partial charge in [-0.3, -0.25) is 9.59 Å². The molecule has 2 aromatic heterocycles. The molecule has 0 radical (unpaired) electrons. The molecule has 2 amide bonds. The van der Waals surface area contributed by atoms with Crippen LogP contribution in [0.1, 0.15) is 67.9 Å². The fourth-order valence-electron chi connectivity index (χ4n) is 5.60. The Morgan fingerprint density at radius 3 is 2.62 bits per heavy atom. The number of fused-ring (bicyclic) bond motifs is 2. The van der Waals surface area contributed by atoms with E-state index in [1.54, 1.807) is 12.1 Å². The lowest BCUT2D eigenvalue weighted by molar-refractivity contribution is -0.0306. The first-order chi connectivity index (χ1) is 16.4. The monoisotopic (exact) mass is 479 g/mol. The first kappa shape index (κ1) is 22.8. The molecule has 3 heterocycles. The lowest BCUT2D eigenvalue weighted by atomic mass is 9.71. The van der Waals surface area contributed by atoms with Crippen molar-refractivity contribution in [3.63, 3.8) is 0 Å². The van der Waals surface area contributed by atoms with Gasteiger partial charge >= 0.3 is 0 Å². The number of aromatic nitrogens is 1. The minimum Gasteiger partial charge on any atom is -0.459 e. The highest BCUT2D eigenvalue weighted by Gasteiger charge is 2.54. The average molecular weight is 480 g/mol. The maximum absolute atomic E-state index is 13.2. The molecule has 178 valence electrons. The number of benzene rings is 1. The largest absolute Gasteiger partial charge is 0.459 e. The van der Waals surface area contributed by atoms with E-state index in [4.69, 9.17) is 9.15 Å². The van der Waals surface area contributed by atoms with Crippen LogP contribution in [0.4, 0.5) is 0 Å². The number of aryl methyl sites for hydroxylation is 2. The van der Waals surface area contributed by atoms with Crippen molar-refractivity contribution >= 4 is 23.2 Å². The number of piperidine rings is 1. The topological polar surface area (TPSA) is 84.7 Å². The fraction of sp³-hybridized carbons (Fsp3) is 0.423. The molecule has 0 bridgehead atoms. The quantitative estimate of drug-likeness (QED) is 0.586. The van der Waals surface area contributed by atoms with E-state index in [0.29, 0.717) is 19.7 Å². The summed E-state index contributed by atoms with van der Waals surface area (Å²) in [5.74, 6) is 0.0828. The Kier molecular flexibility index (Phi) is 6.04. The number of hydrogen-bond donors (Lipinski definition) is 1. The summed E-state index contributed by atoms with van der Waals surface area (Å²) < 4.78 is 11.7. The second-order valence-electron chi connectivity index (χ2n) is 8.99. The number of rotatable bonds is 5. The zero-order chi connectivity index (χ0) is 23.9. The Bertz CT molecular complexity index is 1190. The molecule has 1 saturated heterocycles. The van der Waals surface area contributed by atoms with Crippen LogP contribution in [0.15, 0.2) is 47.1 Å². The number of nitrogens with one attached hydrogen (secondary N) is 1. The third kappa shape index (κ3) is 3.75. The summed E-state index contributed by atoms with van der Waals surface area (Å²) in [4.78, 5) is 33.2. The summed E-state index contributed by atoms with van der Waals surface area (Å²) in [6.45, 7) is 7.61. The molecule has 2 aliphatic rings. The van der Waals surface area contributed by atoms with Crippen LogP contribution in [0.25, 0.3) is 0 Å². The van der Waals surface area contributed by atoms with Gasteiger partial charge in [0.2, 0.25) is 0 Å². The highest BCUT2D eigenvalue weighted by atomic mass is 32.1. The van der Waals surface area contributed by atoms with E-state index < -0.39 is 0 Å². The summed E-state index contributed by atoms with van der Waals surface area (Å²) in [6.07, 6.45) is 2.81. The SMILES string of the molecule is CCO[C@H]1[C@H](NC(=O)c2ccco2)c2ccccc2C12CCN(C(=O)c1sc(C)nc1C)CC2. The number of carbonyl (C=O) groups is 2. The van der Waals surface area contributed by atoms with Gasteiger partial charge in [-0.2, -0.15) is 0 Å². The Balaban J connectivity index is 1.43. The van der Waals surface area contributed by atoms with Crippen molar-refractivity contribution < 1.29 is 18.7 Å². The number of amides is 2. The van der Waals surface area contributed by atoms with E-state index in [0.717, 1.165) is 34.0 Å². The molecule has 1 spiro atoms. The van der Waals surface area contributed by atoms with Crippen LogP contribution >= 0.6 is 11.3 Å². The number of ether oxygens (including phenoxy) is 1. The van der Waals surface area contributed by atoms with Crippen LogP contribution in [0, 0.1) is 13.8 Å². The normalized spacial score (nSPS) is 21.0. The summed E-state index contributed by atoms with van der Waals surface area (Å²) >= 11 is 1.46. The minimum absolute atomic E-state index is 0.0554. The average Bonchev–Trinajstić information content (AvgIpc) is 3.55. The number of carbonyl (C=O) groups excluding carboxylic acids is 2. The molecule has 1 aromatic carbocycles. The molecule has 7 nitrogen and oxygen atoms in total. The number of furan rings is 1. The maximum atomic E-state index is 13.2. The highest BCUT2D eigenvalue weighted by molar-refractivity contribution is 7.13. The minimum atomic E-state index is -0.289. The molecule has 1 fully saturated rings. The number of likely N-dealkylation sites (tertiary alicyclic amines) is 1. The van der Waals surface area contributed by atoms with Gasteiger partial charge in [-0.05, 0) is 56.9 Å². The molecular formula is C26H29N3O4S. The lowest BCUT2D eigenvalue weighted by Crippen LogP contribution is -2.52. The van der Waals surface area contributed by atoms with Gasteiger partial charge in [0.25, 0.3) is 11.8 Å². The zero-order valence-electron chi connectivity index (χ0n) is 19.7. The van der Waals surface area contributed by atoms with Gasteiger partial charge in [-0.1, -0.05) is 24.3 Å². The number of thiazole rings is 1. The zero-order valence-corrected chi connectivity index (χ0v) is 20.5. The molecule has 0 unspecified atom stereocenters. The van der Waals surface area contributed by atoms with Gasteiger partial charge < -0.3 is 19.4 Å². The van der Waals surface area contributed by atoms with Gasteiger partial charge in [0.05, 0.1) is 29.1 Å². The van der Waals surface area contributed by atoms with Crippen molar-refractivity contribution in [2.75, 3.05) is 19.7 Å². The lowest BCUT2D eigenvalue weighted by Gasteiger charge is -2.44. The van der Waals surface area contributed by atoms with Gasteiger partial charge in [0.1, 0.15) is 4.88 Å². The van der Waals surface area contributed by atoms with Crippen molar-refractivity contribution in [2.45, 2.75) is 51.2 Å². The van der Waals surface area contributed by atoms with Crippen molar-refractivity contribution in [3.8, 4) is 0 Å². The van der Waals surface area contributed by atoms with Crippen molar-refractivity contribution in [3.05, 3.63) is 75.1 Å². The molecule has 1 aliphatic carbocycles. The number of nitrogens with zero attached hydrogens (tertiary/aromatic N) is 2. The summed E-state index contributed by atoms with van der Waals surface area (Å²) in [5, 5.41) is 4.08. The van der Waals surface area contributed by atoms with E-state index in [1.807, 2.05) is 37.8 Å². The molecule has 2 atom stereocenters. The summed E-state index contributed by atoms with van der Waals surface area (Å²) in [7, 11) is 0. The van der Waals surface area contributed by atoms with E-state index >= 15 is 0 Å². The van der Waals surface area contributed by atoms with Crippen molar-refractivity contribution in [1.29, 1.82) is 0 Å². The standard InChI is InChI=1S/C26H29N3O4S/c1-4-32-23-21(28-24(30)20-10-7-15-33-20)18-8-5-6-9-19(18)26(23)11-13-29(14-12-26)25(31)22-16(2)27-17(3)34-22/h5-10,15,21,23H,4,11-14H2,1-3H3,(H,28,30)/t21-,23+/m1/s1. The highest BCUT2D eigenvalue weighted by Crippen LogP contribution is 2.52. The van der Waals surface area contributed by atoms with Crippen LogP contribution in [-0.2, 0) is 10.2 Å². The predicted octanol–water partition coefficient (Wildman–Crippen LogP) is 4.42. The predicted molar refractivity (Wildman–Crippen MR) is 129 cm³/mol. The van der Waals surface area contributed by atoms with Crippen LogP contribution in [0.2, 0.25) is 0 Å². The molecule has 1 N–H and O–H groups in total. The van der Waals surface area contributed by atoms with Gasteiger partial charge in [-0.25, -0.2) is 4.98 Å². The Morgan fingerprint density at radius 1 is 1.21 bits per heavy atom. The van der Waals surface area contributed by atoms with E-state index in [-0.39, 0.29) is 35.1 Å². The van der Waals surface area contributed by atoms with Crippen molar-refractivity contribution in [1.82, 2.24) is 15.2 Å². The third-order valence-corrected chi connectivity index (χ3v) is 8.16. The van der Waals surface area contributed by atoms with Crippen LogP contribution < -0.4 is 5.32 Å². The second-order valence-corrected chi connectivity index (χ2v) is 10.2. The van der Waals surface area contributed by atoms with Gasteiger partial charge in [0, 0.05) is 25.1 Å². The van der Waals surface area contributed by atoms with E-state index in [9.17, 15) is 9.59 Å². The molecular weight excluding hydrogens is 450 g/mol. The molecule has 0 saturated carbocycles.